The van der Waals surface area contributed by atoms with Crippen LogP contribution in [0.15, 0.2) is 59.0 Å². The van der Waals surface area contributed by atoms with Gasteiger partial charge in [0.25, 0.3) is 0 Å². The maximum absolute atomic E-state index is 12.1. The molecular weight excluding hydrogens is 374 g/mol. The average Bonchev–Trinajstić information content (AvgIpc) is 3.12. The first kappa shape index (κ1) is 20.1. The number of hydrogen-bond donors (Lipinski definition) is 4. The number of anilines is 2. The molecule has 150 valence electrons. The summed E-state index contributed by atoms with van der Waals surface area (Å²) in [5, 5.41) is 18.9. The summed E-state index contributed by atoms with van der Waals surface area (Å²) in [5.41, 5.74) is 0.0919. The highest BCUT2D eigenvalue weighted by Crippen LogP contribution is 2.27. The second kappa shape index (κ2) is 8.15. The minimum absolute atomic E-state index is 0.208. The summed E-state index contributed by atoms with van der Waals surface area (Å²) in [6.45, 7) is 2.67. The third-order valence-electron chi connectivity index (χ3n) is 4.22. The van der Waals surface area contributed by atoms with Crippen molar-refractivity contribution in [2.75, 3.05) is 17.2 Å². The summed E-state index contributed by atoms with van der Waals surface area (Å²) in [4.78, 5) is 35.2. The van der Waals surface area contributed by atoms with Crippen molar-refractivity contribution in [3.05, 3.63) is 60.4 Å². The minimum Gasteiger partial charge on any atom is -0.458 e. The van der Waals surface area contributed by atoms with Gasteiger partial charge in [-0.1, -0.05) is 18.2 Å². The SMILES string of the molecule is CC(=O)Nc1ccc(NC(=O)C(=O)NCC(C)(O)c2cc3ccccc3o2)cc1. The van der Waals surface area contributed by atoms with Crippen LogP contribution in [0.3, 0.4) is 0 Å². The zero-order valence-electron chi connectivity index (χ0n) is 16.0. The Hall–Kier alpha value is -3.65. The Bertz CT molecular complexity index is 1020. The molecule has 0 saturated carbocycles. The summed E-state index contributed by atoms with van der Waals surface area (Å²) in [6, 6.07) is 15.3. The van der Waals surface area contributed by atoms with Crippen LogP contribution < -0.4 is 16.0 Å². The smallest absolute Gasteiger partial charge is 0.313 e. The minimum atomic E-state index is -1.49. The van der Waals surface area contributed by atoms with E-state index in [-0.39, 0.29) is 18.2 Å². The summed E-state index contributed by atoms with van der Waals surface area (Å²) in [7, 11) is 0. The van der Waals surface area contributed by atoms with Crippen molar-refractivity contribution in [2.24, 2.45) is 0 Å². The second-order valence-electron chi connectivity index (χ2n) is 6.82. The Labute approximate surface area is 166 Å². The third kappa shape index (κ3) is 4.99. The monoisotopic (exact) mass is 395 g/mol. The number of nitrogens with one attached hydrogen (secondary N) is 3. The van der Waals surface area contributed by atoms with Gasteiger partial charge in [0, 0.05) is 23.7 Å². The molecule has 1 atom stereocenters. The highest BCUT2D eigenvalue weighted by atomic mass is 16.4. The average molecular weight is 395 g/mol. The predicted octanol–water partition coefficient (Wildman–Crippen LogP) is 2.35. The van der Waals surface area contributed by atoms with Gasteiger partial charge in [0.1, 0.15) is 16.9 Å². The van der Waals surface area contributed by atoms with Gasteiger partial charge in [0.15, 0.2) is 0 Å². The molecule has 1 unspecified atom stereocenters. The lowest BCUT2D eigenvalue weighted by molar-refractivity contribution is -0.136. The summed E-state index contributed by atoms with van der Waals surface area (Å²) >= 11 is 0. The molecule has 3 amide bonds. The largest absolute Gasteiger partial charge is 0.458 e. The van der Waals surface area contributed by atoms with Gasteiger partial charge in [-0.2, -0.15) is 0 Å². The Morgan fingerprint density at radius 2 is 1.59 bits per heavy atom. The van der Waals surface area contributed by atoms with E-state index in [0.29, 0.717) is 17.0 Å². The molecule has 0 bridgehead atoms. The van der Waals surface area contributed by atoms with E-state index in [9.17, 15) is 19.5 Å². The molecule has 3 rings (SSSR count). The van der Waals surface area contributed by atoms with Crippen molar-refractivity contribution in [1.29, 1.82) is 0 Å². The topological polar surface area (TPSA) is 121 Å². The fraction of sp³-hybridized carbons (Fsp3) is 0.190. The number of amides is 3. The maximum Gasteiger partial charge on any atom is 0.313 e. The highest BCUT2D eigenvalue weighted by molar-refractivity contribution is 6.39. The number of hydrogen-bond acceptors (Lipinski definition) is 5. The first-order valence-corrected chi connectivity index (χ1v) is 8.93. The number of carbonyl (C=O) groups excluding carboxylic acids is 3. The van der Waals surface area contributed by atoms with E-state index in [0.717, 1.165) is 5.39 Å². The van der Waals surface area contributed by atoms with Crippen molar-refractivity contribution in [2.45, 2.75) is 19.4 Å². The van der Waals surface area contributed by atoms with E-state index in [1.807, 2.05) is 18.2 Å². The Morgan fingerprint density at radius 3 is 2.21 bits per heavy atom. The van der Waals surface area contributed by atoms with Gasteiger partial charge in [-0.25, -0.2) is 0 Å². The summed E-state index contributed by atoms with van der Waals surface area (Å²) in [5.74, 6) is -1.70. The molecule has 8 nitrogen and oxygen atoms in total. The molecule has 0 aliphatic rings. The molecule has 0 fully saturated rings. The highest BCUT2D eigenvalue weighted by Gasteiger charge is 2.29. The van der Waals surface area contributed by atoms with E-state index in [1.165, 1.54) is 13.8 Å². The van der Waals surface area contributed by atoms with Gasteiger partial charge in [0.2, 0.25) is 5.91 Å². The fourth-order valence-electron chi connectivity index (χ4n) is 2.70. The van der Waals surface area contributed by atoms with Crippen LogP contribution >= 0.6 is 0 Å². The van der Waals surface area contributed by atoms with Gasteiger partial charge < -0.3 is 25.5 Å². The van der Waals surface area contributed by atoms with Crippen LogP contribution in [-0.2, 0) is 20.0 Å². The van der Waals surface area contributed by atoms with Crippen LogP contribution in [0.1, 0.15) is 19.6 Å². The van der Waals surface area contributed by atoms with Crippen molar-refractivity contribution in [3.8, 4) is 0 Å². The number of fused-ring (bicyclic) bond motifs is 1. The normalized spacial score (nSPS) is 12.8. The number of furan rings is 1. The van der Waals surface area contributed by atoms with Crippen molar-refractivity contribution in [1.82, 2.24) is 5.32 Å². The summed E-state index contributed by atoms with van der Waals surface area (Å²) < 4.78 is 5.63. The Kier molecular flexibility index (Phi) is 5.65. The molecular formula is C21H21N3O5. The van der Waals surface area contributed by atoms with Crippen LogP contribution in [0.5, 0.6) is 0 Å². The maximum atomic E-state index is 12.1. The summed E-state index contributed by atoms with van der Waals surface area (Å²) in [6.07, 6.45) is 0. The third-order valence-corrected chi connectivity index (χ3v) is 4.22. The van der Waals surface area contributed by atoms with Crippen LogP contribution in [0.4, 0.5) is 11.4 Å². The molecule has 0 spiro atoms. The number of rotatable bonds is 5. The predicted molar refractivity (Wildman–Crippen MR) is 108 cm³/mol. The van der Waals surface area contributed by atoms with Crippen LogP contribution in [-0.4, -0.2) is 29.4 Å². The first-order valence-electron chi connectivity index (χ1n) is 8.93. The molecule has 8 heteroatoms. The molecule has 1 aromatic heterocycles. The number of para-hydroxylation sites is 1. The lowest BCUT2D eigenvalue weighted by atomic mass is 10.0. The standard InChI is InChI=1S/C21H21N3O5/c1-13(25)23-15-7-9-16(10-8-15)24-20(27)19(26)22-12-21(2,28)18-11-14-5-3-4-6-17(14)29-18/h3-11,28H,12H2,1-2H3,(H,22,26)(H,23,25)(H,24,27). The number of aliphatic hydroxyl groups is 1. The van der Waals surface area contributed by atoms with Gasteiger partial charge in [-0.05, 0) is 43.3 Å². The molecule has 3 aromatic rings. The van der Waals surface area contributed by atoms with Crippen LogP contribution in [0, 0.1) is 0 Å². The number of carbonyl (C=O) groups is 3. The molecule has 4 N–H and O–H groups in total. The van der Waals surface area contributed by atoms with E-state index >= 15 is 0 Å². The molecule has 0 aliphatic carbocycles. The van der Waals surface area contributed by atoms with Crippen LogP contribution in [0.25, 0.3) is 11.0 Å². The fourth-order valence-corrected chi connectivity index (χ4v) is 2.70. The van der Waals surface area contributed by atoms with Crippen molar-refractivity contribution in [3.63, 3.8) is 0 Å². The van der Waals surface area contributed by atoms with E-state index in [4.69, 9.17) is 4.42 Å². The van der Waals surface area contributed by atoms with Gasteiger partial charge in [-0.3, -0.25) is 14.4 Å². The first-order chi connectivity index (χ1) is 13.7. The zero-order chi connectivity index (χ0) is 21.0. The van der Waals surface area contributed by atoms with E-state index in [2.05, 4.69) is 16.0 Å². The molecule has 0 radical (unpaired) electrons. The quantitative estimate of drug-likeness (QED) is 0.494. The lowest BCUT2D eigenvalue weighted by Crippen LogP contribution is -2.43. The van der Waals surface area contributed by atoms with Gasteiger partial charge in [0.05, 0.1) is 6.54 Å². The van der Waals surface area contributed by atoms with Crippen LogP contribution in [0.2, 0.25) is 0 Å². The molecule has 2 aromatic carbocycles. The molecule has 0 aliphatic heterocycles. The number of benzene rings is 2. The van der Waals surface area contributed by atoms with Crippen molar-refractivity contribution < 1.29 is 23.9 Å². The van der Waals surface area contributed by atoms with Gasteiger partial charge >= 0.3 is 11.8 Å². The van der Waals surface area contributed by atoms with E-state index in [1.54, 1.807) is 36.4 Å². The van der Waals surface area contributed by atoms with E-state index < -0.39 is 17.4 Å². The van der Waals surface area contributed by atoms with Gasteiger partial charge in [-0.15, -0.1) is 0 Å². The second-order valence-corrected chi connectivity index (χ2v) is 6.82. The molecule has 1 heterocycles. The molecule has 0 saturated heterocycles. The molecule has 29 heavy (non-hydrogen) atoms. The Morgan fingerprint density at radius 1 is 0.966 bits per heavy atom. The Balaban J connectivity index is 1.57. The zero-order valence-corrected chi connectivity index (χ0v) is 16.0. The van der Waals surface area contributed by atoms with Crippen molar-refractivity contribution >= 4 is 40.1 Å². The lowest BCUT2D eigenvalue weighted by Gasteiger charge is -2.20.